The van der Waals surface area contributed by atoms with Crippen LogP contribution in [0.4, 0.5) is 30.4 Å². The van der Waals surface area contributed by atoms with Crippen LogP contribution >= 0.6 is 0 Å². The highest BCUT2D eigenvalue weighted by atomic mass is 19.4. The maximum absolute atomic E-state index is 13.1. The number of morpholine rings is 1. The van der Waals surface area contributed by atoms with Gasteiger partial charge in [-0.15, -0.1) is 0 Å². The van der Waals surface area contributed by atoms with Crippen LogP contribution in [0.25, 0.3) is 5.65 Å². The van der Waals surface area contributed by atoms with Gasteiger partial charge < -0.3 is 24.6 Å². The summed E-state index contributed by atoms with van der Waals surface area (Å²) in [5, 5.41) is 7.01. The van der Waals surface area contributed by atoms with Gasteiger partial charge in [0.05, 0.1) is 49.9 Å². The van der Waals surface area contributed by atoms with E-state index in [0.717, 1.165) is 81.0 Å². The van der Waals surface area contributed by atoms with Gasteiger partial charge in [0.15, 0.2) is 5.65 Å². The van der Waals surface area contributed by atoms with Crippen molar-refractivity contribution in [1.82, 2.24) is 24.5 Å². The minimum atomic E-state index is -4.56. The topological polar surface area (TPSA) is 100 Å². The van der Waals surface area contributed by atoms with Gasteiger partial charge in [0.2, 0.25) is 0 Å². The van der Waals surface area contributed by atoms with Gasteiger partial charge in [-0.25, -0.2) is 9.50 Å². The molecule has 1 amide bonds. The molecule has 3 aliphatic heterocycles. The minimum Gasteiger partial charge on any atom is -0.486 e. The number of nitrogens with one attached hydrogen (secondary N) is 1. The average molecular weight is 637 g/mol. The van der Waals surface area contributed by atoms with Crippen LogP contribution in [0, 0.1) is 6.92 Å². The summed E-state index contributed by atoms with van der Waals surface area (Å²) in [5.74, 6) is 0.939. The molecular formula is C32H35F3N8O3. The second-order valence-corrected chi connectivity index (χ2v) is 12.0. The Hall–Kier alpha value is -4.43. The molecule has 0 atom stereocenters. The molecule has 1 N–H and O–H groups in total. The Morgan fingerprint density at radius 3 is 2.54 bits per heavy atom. The fourth-order valence-electron chi connectivity index (χ4n) is 6.27. The molecule has 0 unspecified atom stereocenters. The van der Waals surface area contributed by atoms with Gasteiger partial charge >= 0.3 is 6.18 Å². The molecule has 0 spiro atoms. The van der Waals surface area contributed by atoms with E-state index in [4.69, 9.17) is 14.5 Å². The SMILES string of the molecule is Cc1ccc(C(=O)Nc2cncc(C(F)(F)F)c2)cc1OC1CN(c2cnn3ccc(N4CCC(N5CCOCC5)CC4)nc23)C1. The molecule has 0 aliphatic carbocycles. The molecule has 46 heavy (non-hydrogen) atoms. The lowest BCUT2D eigenvalue weighted by molar-refractivity contribution is -0.137. The smallest absolute Gasteiger partial charge is 0.417 e. The zero-order valence-electron chi connectivity index (χ0n) is 25.4. The first kappa shape index (κ1) is 30.2. The molecule has 14 heteroatoms. The zero-order chi connectivity index (χ0) is 31.8. The second kappa shape index (κ2) is 12.4. The number of piperidine rings is 1. The van der Waals surface area contributed by atoms with Gasteiger partial charge in [-0.2, -0.15) is 18.3 Å². The van der Waals surface area contributed by atoms with E-state index in [1.165, 1.54) is 6.20 Å². The Labute approximate surface area is 263 Å². The number of halogens is 3. The van der Waals surface area contributed by atoms with Gasteiger partial charge in [-0.05, 0) is 49.6 Å². The van der Waals surface area contributed by atoms with E-state index in [0.29, 0.717) is 31.1 Å². The van der Waals surface area contributed by atoms with Gasteiger partial charge in [-0.1, -0.05) is 6.07 Å². The molecule has 3 aliphatic rings. The van der Waals surface area contributed by atoms with Crippen molar-refractivity contribution in [2.75, 3.05) is 67.6 Å². The van der Waals surface area contributed by atoms with Crippen molar-refractivity contribution in [3.8, 4) is 5.75 Å². The van der Waals surface area contributed by atoms with Crippen LogP contribution in [0.3, 0.4) is 0 Å². The number of aryl methyl sites for hydroxylation is 1. The normalized spacial score (nSPS) is 18.5. The lowest BCUT2D eigenvalue weighted by atomic mass is 10.0. The third-order valence-corrected chi connectivity index (χ3v) is 8.94. The van der Waals surface area contributed by atoms with Crippen LogP contribution in [-0.2, 0) is 10.9 Å². The second-order valence-electron chi connectivity index (χ2n) is 12.0. The van der Waals surface area contributed by atoms with Crippen LogP contribution in [0.5, 0.6) is 5.75 Å². The third-order valence-electron chi connectivity index (χ3n) is 8.94. The summed E-state index contributed by atoms with van der Waals surface area (Å²) in [4.78, 5) is 28.5. The summed E-state index contributed by atoms with van der Waals surface area (Å²) in [6.07, 6.45) is 3.20. The molecule has 3 aromatic heterocycles. The van der Waals surface area contributed by atoms with Crippen molar-refractivity contribution in [3.05, 3.63) is 71.8 Å². The van der Waals surface area contributed by atoms with Crippen molar-refractivity contribution in [1.29, 1.82) is 0 Å². The van der Waals surface area contributed by atoms with Crippen molar-refractivity contribution >= 4 is 28.7 Å². The van der Waals surface area contributed by atoms with E-state index in [1.807, 2.05) is 25.4 Å². The lowest BCUT2D eigenvalue weighted by Crippen LogP contribution is -2.54. The summed E-state index contributed by atoms with van der Waals surface area (Å²) in [7, 11) is 0. The Bertz CT molecular complexity index is 1710. The molecule has 3 saturated heterocycles. The predicted molar refractivity (Wildman–Crippen MR) is 166 cm³/mol. The Kier molecular flexibility index (Phi) is 8.15. The van der Waals surface area contributed by atoms with Crippen LogP contribution in [0.15, 0.2) is 55.1 Å². The molecule has 4 aromatic rings. The highest BCUT2D eigenvalue weighted by Gasteiger charge is 2.33. The number of hydrogen-bond donors (Lipinski definition) is 1. The van der Waals surface area contributed by atoms with Gasteiger partial charge in [0.1, 0.15) is 23.4 Å². The number of hydrogen-bond acceptors (Lipinski definition) is 9. The number of anilines is 3. The number of alkyl halides is 3. The number of nitrogens with zero attached hydrogens (tertiary/aromatic N) is 7. The highest BCUT2D eigenvalue weighted by molar-refractivity contribution is 6.04. The monoisotopic (exact) mass is 636 g/mol. The Morgan fingerprint density at radius 2 is 1.78 bits per heavy atom. The zero-order valence-corrected chi connectivity index (χ0v) is 25.4. The number of fused-ring (bicyclic) bond motifs is 1. The number of benzene rings is 1. The molecule has 1 aromatic carbocycles. The van der Waals surface area contributed by atoms with Gasteiger partial charge in [0, 0.05) is 50.2 Å². The standard InChI is InChI=1S/C32H35F3N8O3/c1-21-2-3-22(31(44)38-24-15-23(16-36-17-24)32(33,34)35)14-28(21)46-26-19-42(20-26)27-18-37-43-9-6-29(39-30(27)43)41-7-4-25(5-8-41)40-10-12-45-13-11-40/h2-3,6,9,14-18,25-26H,4-5,7-8,10-13,19-20H2,1H3,(H,38,44). The Morgan fingerprint density at radius 1 is 1.00 bits per heavy atom. The van der Waals surface area contributed by atoms with E-state index in [9.17, 15) is 18.0 Å². The maximum Gasteiger partial charge on any atom is 0.417 e. The van der Waals surface area contributed by atoms with E-state index < -0.39 is 17.6 Å². The molecule has 0 bridgehead atoms. The Balaban J connectivity index is 0.971. The molecule has 0 radical (unpaired) electrons. The van der Waals surface area contributed by atoms with E-state index >= 15 is 0 Å². The largest absolute Gasteiger partial charge is 0.486 e. The van der Waals surface area contributed by atoms with Crippen LogP contribution in [0.1, 0.15) is 34.3 Å². The number of aromatic nitrogens is 4. The first-order valence-corrected chi connectivity index (χ1v) is 15.5. The van der Waals surface area contributed by atoms with Crippen LogP contribution < -0.4 is 19.9 Å². The number of rotatable bonds is 7. The fourth-order valence-corrected chi connectivity index (χ4v) is 6.27. The summed E-state index contributed by atoms with van der Waals surface area (Å²) in [6.45, 7) is 8.69. The number of carbonyl (C=O) groups excluding carboxylic acids is 1. The molecule has 242 valence electrons. The molecule has 11 nitrogen and oxygen atoms in total. The van der Waals surface area contributed by atoms with Crippen LogP contribution in [0.2, 0.25) is 0 Å². The van der Waals surface area contributed by atoms with Crippen molar-refractivity contribution < 1.29 is 27.4 Å². The molecular weight excluding hydrogens is 601 g/mol. The first-order chi connectivity index (χ1) is 22.2. The highest BCUT2D eigenvalue weighted by Crippen LogP contribution is 2.32. The predicted octanol–water partition coefficient (Wildman–Crippen LogP) is 4.27. The molecule has 0 saturated carbocycles. The van der Waals surface area contributed by atoms with Crippen molar-refractivity contribution in [2.45, 2.75) is 38.1 Å². The average Bonchev–Trinajstić information content (AvgIpc) is 3.46. The minimum absolute atomic E-state index is 0.0415. The van der Waals surface area contributed by atoms with Gasteiger partial charge in [-0.3, -0.25) is 14.7 Å². The number of amides is 1. The number of ether oxygens (including phenoxy) is 2. The van der Waals surface area contributed by atoms with Gasteiger partial charge in [0.25, 0.3) is 5.91 Å². The number of carbonyl (C=O) groups is 1. The lowest BCUT2D eigenvalue weighted by Gasteiger charge is -2.41. The third kappa shape index (κ3) is 6.31. The number of pyridine rings is 1. The molecule has 3 fully saturated rings. The van der Waals surface area contributed by atoms with Crippen LogP contribution in [-0.4, -0.2) is 95.0 Å². The van der Waals surface area contributed by atoms with E-state index in [2.05, 4.69) is 30.1 Å². The fraction of sp³-hybridized carbons (Fsp3) is 0.438. The maximum atomic E-state index is 13.1. The van der Waals surface area contributed by atoms with Crippen molar-refractivity contribution in [2.24, 2.45) is 0 Å². The first-order valence-electron chi connectivity index (χ1n) is 15.5. The molecule has 6 heterocycles. The molecule has 7 rings (SSSR count). The summed E-state index contributed by atoms with van der Waals surface area (Å²) >= 11 is 0. The van der Waals surface area contributed by atoms with Crippen molar-refractivity contribution in [3.63, 3.8) is 0 Å². The quantitative estimate of drug-likeness (QED) is 0.319. The summed E-state index contributed by atoms with van der Waals surface area (Å²) in [6, 6.07) is 8.45. The van der Waals surface area contributed by atoms with E-state index in [1.54, 1.807) is 22.7 Å². The van der Waals surface area contributed by atoms with E-state index in [-0.39, 0.29) is 17.4 Å². The summed E-state index contributed by atoms with van der Waals surface area (Å²) in [5.41, 5.74) is 1.86. The summed E-state index contributed by atoms with van der Waals surface area (Å²) < 4.78 is 52.7.